The molecule has 1 amide bonds. The van der Waals surface area contributed by atoms with Gasteiger partial charge in [0.15, 0.2) is 13.4 Å². The minimum Gasteiger partial charge on any atom is -0.484 e. The molecule has 2 aromatic rings. The first-order chi connectivity index (χ1) is 14.4. The van der Waals surface area contributed by atoms with E-state index in [9.17, 15) is 19.7 Å². The number of nitro groups is 1. The van der Waals surface area contributed by atoms with Crippen LogP contribution in [0, 0.1) is 10.1 Å². The van der Waals surface area contributed by atoms with E-state index in [1.54, 1.807) is 24.3 Å². The first-order valence-corrected chi connectivity index (χ1v) is 9.08. The molecule has 0 spiro atoms. The molecule has 1 heterocycles. The number of non-ortho nitro benzene ring substituents is 1. The van der Waals surface area contributed by atoms with Crippen LogP contribution in [0.3, 0.4) is 0 Å². The Hall–Kier alpha value is -3.66. The molecule has 1 atom stereocenters. The quantitative estimate of drug-likeness (QED) is 0.394. The maximum atomic E-state index is 12.2. The number of carbonyl (C=O) groups excluding carboxylic acids is 2. The Balaban J connectivity index is 1.55. The zero-order valence-corrected chi connectivity index (χ0v) is 16.2. The van der Waals surface area contributed by atoms with Crippen LogP contribution in [0.2, 0.25) is 0 Å². The first kappa shape index (κ1) is 21.1. The smallest absolute Gasteiger partial charge is 0.328 e. The van der Waals surface area contributed by atoms with E-state index < -0.39 is 22.8 Å². The highest BCUT2D eigenvalue weighted by atomic mass is 16.7. The summed E-state index contributed by atoms with van der Waals surface area (Å²) in [6.45, 7) is 1.12. The van der Waals surface area contributed by atoms with E-state index in [1.165, 1.54) is 19.1 Å². The molecule has 158 valence electrons. The molecule has 0 radical (unpaired) electrons. The number of nitrogens with zero attached hydrogens (tertiary/aromatic N) is 1. The maximum absolute atomic E-state index is 12.2. The highest BCUT2D eigenvalue weighted by molar-refractivity contribution is 5.85. The molecule has 1 aliphatic heterocycles. The normalized spacial score (nSPS) is 13.4. The van der Waals surface area contributed by atoms with Gasteiger partial charge in [0.1, 0.15) is 24.1 Å². The van der Waals surface area contributed by atoms with Gasteiger partial charge in [-0.2, -0.15) is 0 Å². The van der Waals surface area contributed by atoms with Crippen molar-refractivity contribution in [2.24, 2.45) is 0 Å². The summed E-state index contributed by atoms with van der Waals surface area (Å²) < 4.78 is 21.1. The Morgan fingerprint density at radius 1 is 1.27 bits per heavy atom. The zero-order valence-electron chi connectivity index (χ0n) is 16.2. The summed E-state index contributed by atoms with van der Waals surface area (Å²) in [4.78, 5) is 34.8. The van der Waals surface area contributed by atoms with E-state index in [2.05, 4.69) is 5.32 Å². The fourth-order valence-corrected chi connectivity index (χ4v) is 2.78. The molecule has 10 heteroatoms. The summed E-state index contributed by atoms with van der Waals surface area (Å²) in [5, 5.41) is 13.6. The van der Waals surface area contributed by atoms with Gasteiger partial charge < -0.3 is 24.3 Å². The molecule has 0 saturated carbocycles. The number of nitrogens with one attached hydrogen (secondary N) is 1. The van der Waals surface area contributed by atoms with Crippen molar-refractivity contribution < 1.29 is 33.5 Å². The number of fused-ring (bicyclic) bond motifs is 1. The number of nitro benzene ring substituents is 1. The van der Waals surface area contributed by atoms with Crippen molar-refractivity contribution in [2.75, 3.05) is 13.4 Å². The second kappa shape index (κ2) is 9.70. The molecule has 0 bridgehead atoms. The van der Waals surface area contributed by atoms with Crippen LogP contribution in [0.4, 0.5) is 5.69 Å². The van der Waals surface area contributed by atoms with Crippen LogP contribution < -0.4 is 14.8 Å². The fraction of sp³-hybridized carbons (Fsp3) is 0.300. The molecule has 3 rings (SSSR count). The summed E-state index contributed by atoms with van der Waals surface area (Å²) in [5.41, 5.74) is 0.691. The van der Waals surface area contributed by atoms with Gasteiger partial charge in [-0.05, 0) is 19.1 Å². The van der Waals surface area contributed by atoms with Crippen molar-refractivity contribution >= 4 is 17.6 Å². The second-order valence-electron chi connectivity index (χ2n) is 6.46. The lowest BCUT2D eigenvalue weighted by Gasteiger charge is -2.21. The fourth-order valence-electron chi connectivity index (χ4n) is 2.78. The van der Waals surface area contributed by atoms with E-state index >= 15 is 0 Å². The van der Waals surface area contributed by atoms with Crippen LogP contribution in [0.5, 0.6) is 11.5 Å². The average molecular weight is 416 g/mol. The van der Waals surface area contributed by atoms with Crippen LogP contribution in [-0.4, -0.2) is 36.2 Å². The van der Waals surface area contributed by atoms with Crippen LogP contribution >= 0.6 is 0 Å². The van der Waals surface area contributed by atoms with Crippen LogP contribution in [-0.2, 0) is 32.3 Å². The lowest BCUT2D eigenvalue weighted by molar-refractivity contribution is -0.385. The average Bonchev–Trinajstić information content (AvgIpc) is 2.76. The minimum absolute atomic E-state index is 0.000365. The number of ether oxygens (including phenoxy) is 4. The van der Waals surface area contributed by atoms with E-state index in [0.29, 0.717) is 22.6 Å². The van der Waals surface area contributed by atoms with Gasteiger partial charge in [-0.3, -0.25) is 14.9 Å². The highest BCUT2D eigenvalue weighted by Gasteiger charge is 2.23. The number of para-hydroxylation sites is 1. The number of carbonyl (C=O) groups is 2. The zero-order chi connectivity index (χ0) is 21.5. The molecule has 2 aromatic carbocycles. The van der Waals surface area contributed by atoms with Crippen molar-refractivity contribution in [3.8, 4) is 11.5 Å². The van der Waals surface area contributed by atoms with Gasteiger partial charge in [0.2, 0.25) is 0 Å². The van der Waals surface area contributed by atoms with Gasteiger partial charge in [-0.15, -0.1) is 0 Å². The van der Waals surface area contributed by atoms with Gasteiger partial charge in [0, 0.05) is 23.3 Å². The number of hydrogen-bond acceptors (Lipinski definition) is 8. The molecule has 1 N–H and O–H groups in total. The predicted octanol–water partition coefficient (Wildman–Crippen LogP) is 2.09. The molecule has 0 aliphatic carbocycles. The molecular formula is C20H20N2O8. The monoisotopic (exact) mass is 416 g/mol. The van der Waals surface area contributed by atoms with Crippen molar-refractivity contribution in [3.05, 3.63) is 63.7 Å². The standard InChI is InChI=1S/C20H20N2O8/c1-13(21-18(23)11-28-17-5-3-2-4-6-17)20(24)29-10-15-8-16(22(25)26)7-14-9-27-12-30-19(14)15/h2-8,13H,9-12H2,1H3,(H,21,23)/t13-/m1/s1. The summed E-state index contributed by atoms with van der Waals surface area (Å²) >= 11 is 0. The lowest BCUT2D eigenvalue weighted by atomic mass is 10.1. The van der Waals surface area contributed by atoms with Crippen molar-refractivity contribution in [1.29, 1.82) is 0 Å². The van der Waals surface area contributed by atoms with Crippen LogP contribution in [0.25, 0.3) is 0 Å². The third-order valence-electron chi connectivity index (χ3n) is 4.20. The Labute approximate surface area is 171 Å². The topological polar surface area (TPSA) is 126 Å². The summed E-state index contributed by atoms with van der Waals surface area (Å²) in [5.74, 6) is -0.262. The van der Waals surface area contributed by atoms with Crippen molar-refractivity contribution in [1.82, 2.24) is 5.32 Å². The van der Waals surface area contributed by atoms with Crippen molar-refractivity contribution in [2.45, 2.75) is 26.2 Å². The molecule has 10 nitrogen and oxygen atoms in total. The number of benzene rings is 2. The lowest BCUT2D eigenvalue weighted by Crippen LogP contribution is -2.41. The van der Waals surface area contributed by atoms with Gasteiger partial charge in [-0.25, -0.2) is 4.79 Å². The molecule has 0 aromatic heterocycles. The van der Waals surface area contributed by atoms with E-state index in [4.69, 9.17) is 18.9 Å². The largest absolute Gasteiger partial charge is 0.484 e. The highest BCUT2D eigenvalue weighted by Crippen LogP contribution is 2.33. The van der Waals surface area contributed by atoms with Gasteiger partial charge >= 0.3 is 5.97 Å². The number of hydrogen-bond donors (Lipinski definition) is 1. The number of esters is 1. The van der Waals surface area contributed by atoms with Gasteiger partial charge in [-0.1, -0.05) is 18.2 Å². The van der Waals surface area contributed by atoms with Crippen LogP contribution in [0.1, 0.15) is 18.1 Å². The Kier molecular flexibility index (Phi) is 6.81. The number of rotatable bonds is 8. The molecule has 0 saturated heterocycles. The molecule has 0 unspecified atom stereocenters. The number of amides is 1. The first-order valence-electron chi connectivity index (χ1n) is 9.08. The van der Waals surface area contributed by atoms with Gasteiger partial charge in [0.05, 0.1) is 11.5 Å². The SMILES string of the molecule is C[C@@H](NC(=O)COc1ccccc1)C(=O)OCc1cc([N+](=O)[O-])cc2c1OCOC2. The van der Waals surface area contributed by atoms with Crippen molar-refractivity contribution in [3.63, 3.8) is 0 Å². The van der Waals surface area contributed by atoms with E-state index in [1.807, 2.05) is 6.07 Å². The Morgan fingerprint density at radius 3 is 2.77 bits per heavy atom. The summed E-state index contributed by atoms with van der Waals surface area (Å²) in [6, 6.07) is 10.5. The molecule has 30 heavy (non-hydrogen) atoms. The van der Waals surface area contributed by atoms with E-state index in [0.717, 1.165) is 0 Å². The Bertz CT molecular complexity index is 932. The second-order valence-corrected chi connectivity index (χ2v) is 6.46. The third kappa shape index (κ3) is 5.45. The summed E-state index contributed by atoms with van der Waals surface area (Å²) in [6.07, 6.45) is 0. The molecule has 0 fully saturated rings. The third-order valence-corrected chi connectivity index (χ3v) is 4.20. The summed E-state index contributed by atoms with van der Waals surface area (Å²) in [7, 11) is 0. The van der Waals surface area contributed by atoms with Crippen LogP contribution in [0.15, 0.2) is 42.5 Å². The van der Waals surface area contributed by atoms with Gasteiger partial charge in [0.25, 0.3) is 11.6 Å². The van der Waals surface area contributed by atoms with E-state index in [-0.39, 0.29) is 32.3 Å². The predicted molar refractivity (Wildman–Crippen MR) is 103 cm³/mol. The Morgan fingerprint density at radius 2 is 2.03 bits per heavy atom. The minimum atomic E-state index is -0.935. The molecular weight excluding hydrogens is 396 g/mol. The maximum Gasteiger partial charge on any atom is 0.328 e. The molecule has 1 aliphatic rings.